The van der Waals surface area contributed by atoms with Gasteiger partial charge in [0.1, 0.15) is 12.0 Å². The van der Waals surface area contributed by atoms with Gasteiger partial charge in [0.2, 0.25) is 5.78 Å². The smallest absolute Gasteiger partial charge is 0.255 e. The quantitative estimate of drug-likeness (QED) is 0.618. The van der Waals surface area contributed by atoms with Crippen molar-refractivity contribution in [2.45, 2.75) is 31.6 Å². The number of hydrogen-bond acceptors (Lipinski definition) is 5. The molecule has 0 spiro atoms. The lowest BCUT2D eigenvalue weighted by atomic mass is 9.89. The Morgan fingerprint density at radius 3 is 2.76 bits per heavy atom. The van der Waals surface area contributed by atoms with Crippen molar-refractivity contribution < 1.29 is 13.6 Å². The van der Waals surface area contributed by atoms with Crippen LogP contribution in [0.2, 0.25) is 0 Å². The molecule has 1 aromatic carbocycles. The Morgan fingerprint density at radius 2 is 1.97 bits per heavy atom. The van der Waals surface area contributed by atoms with Crippen LogP contribution in [0, 0.1) is 12.7 Å². The Bertz CT molecular complexity index is 1120. The van der Waals surface area contributed by atoms with E-state index < -0.39 is 23.6 Å². The summed E-state index contributed by atoms with van der Waals surface area (Å²) in [4.78, 5) is 21.3. The molecule has 1 fully saturated rings. The van der Waals surface area contributed by atoms with Gasteiger partial charge in [0.05, 0.1) is 16.9 Å². The van der Waals surface area contributed by atoms with Crippen molar-refractivity contribution in [2.75, 3.05) is 18.4 Å². The molecule has 1 saturated heterocycles. The minimum atomic E-state index is -1.63. The number of fused-ring (bicyclic) bond motifs is 2. The number of imidazole rings is 1. The van der Waals surface area contributed by atoms with E-state index in [-0.39, 0.29) is 24.1 Å². The molecule has 4 heterocycles. The van der Waals surface area contributed by atoms with Gasteiger partial charge in [-0.1, -0.05) is 0 Å². The molecule has 2 aliphatic heterocycles. The van der Waals surface area contributed by atoms with E-state index >= 15 is 4.39 Å². The highest BCUT2D eigenvalue weighted by molar-refractivity contribution is 6.03. The average Bonchev–Trinajstić information content (AvgIpc) is 3.08. The van der Waals surface area contributed by atoms with E-state index in [1.54, 1.807) is 22.9 Å². The maximum Gasteiger partial charge on any atom is 0.255 e. The van der Waals surface area contributed by atoms with Gasteiger partial charge in [-0.05, 0) is 50.6 Å². The molecule has 2 aromatic heterocycles. The highest BCUT2D eigenvalue weighted by atomic mass is 19.1. The molecule has 0 radical (unpaired) electrons. The van der Waals surface area contributed by atoms with E-state index in [0.29, 0.717) is 30.0 Å². The number of halogens is 2. The Kier molecular flexibility index (Phi) is 4.02. The van der Waals surface area contributed by atoms with Crippen molar-refractivity contribution in [1.29, 1.82) is 0 Å². The monoisotopic (exact) mass is 398 g/mol. The summed E-state index contributed by atoms with van der Waals surface area (Å²) in [5.74, 6) is -0.550. The van der Waals surface area contributed by atoms with E-state index in [1.807, 2.05) is 13.1 Å². The summed E-state index contributed by atoms with van der Waals surface area (Å²) in [6, 6.07) is 2.93. The minimum Gasteiger partial charge on any atom is -0.360 e. The van der Waals surface area contributed by atoms with Crippen LogP contribution >= 0.6 is 0 Å². The second kappa shape index (κ2) is 6.48. The first-order valence-electron chi connectivity index (χ1n) is 9.55. The number of carbonyl (C=O) groups is 1. The standard InChI is InChI=1S/C20H20F2N6O/c1-11-9-28-10-13(8-24-19(28)25-11)12-6-14-16(15(21)7-12)26-18(27-17(14)29)20(22)2-4-23-5-3-20/h6-10,18,23,26H,2-5H2,1H3,(H,27,29). The van der Waals surface area contributed by atoms with E-state index in [9.17, 15) is 9.18 Å². The molecule has 0 aliphatic carbocycles. The zero-order valence-corrected chi connectivity index (χ0v) is 15.8. The number of amides is 1. The molecule has 9 heteroatoms. The third-order valence-corrected chi connectivity index (χ3v) is 5.61. The molecule has 3 aromatic rings. The van der Waals surface area contributed by atoms with E-state index in [2.05, 4.69) is 25.9 Å². The van der Waals surface area contributed by atoms with Gasteiger partial charge < -0.3 is 16.0 Å². The lowest BCUT2D eigenvalue weighted by Crippen LogP contribution is -2.60. The van der Waals surface area contributed by atoms with Gasteiger partial charge in [0.25, 0.3) is 5.91 Å². The van der Waals surface area contributed by atoms with E-state index in [4.69, 9.17) is 0 Å². The second-order valence-corrected chi connectivity index (χ2v) is 7.65. The lowest BCUT2D eigenvalue weighted by Gasteiger charge is -2.40. The van der Waals surface area contributed by atoms with Gasteiger partial charge in [-0.2, -0.15) is 0 Å². The number of anilines is 1. The number of benzene rings is 1. The molecule has 5 rings (SSSR count). The molecule has 7 nitrogen and oxygen atoms in total. The molecular formula is C20H20F2N6O. The highest BCUT2D eigenvalue weighted by Gasteiger charge is 2.44. The van der Waals surface area contributed by atoms with Crippen LogP contribution < -0.4 is 16.0 Å². The molecule has 0 bridgehead atoms. The second-order valence-electron chi connectivity index (χ2n) is 7.65. The normalized spacial score (nSPS) is 20.8. The van der Waals surface area contributed by atoms with Crippen molar-refractivity contribution in [2.24, 2.45) is 0 Å². The molecule has 1 atom stereocenters. The predicted molar refractivity (Wildman–Crippen MR) is 104 cm³/mol. The lowest BCUT2D eigenvalue weighted by molar-refractivity contribution is 0.0633. The van der Waals surface area contributed by atoms with Crippen LogP contribution in [0.15, 0.2) is 30.7 Å². The van der Waals surface area contributed by atoms with Gasteiger partial charge in [-0.15, -0.1) is 0 Å². The van der Waals surface area contributed by atoms with Crippen LogP contribution in [0.3, 0.4) is 0 Å². The van der Waals surface area contributed by atoms with Crippen LogP contribution in [-0.4, -0.2) is 45.2 Å². The molecule has 29 heavy (non-hydrogen) atoms. The summed E-state index contributed by atoms with van der Waals surface area (Å²) in [6.07, 6.45) is 4.72. The first-order chi connectivity index (χ1) is 13.9. The van der Waals surface area contributed by atoms with Gasteiger partial charge >= 0.3 is 0 Å². The average molecular weight is 398 g/mol. The molecular weight excluding hydrogens is 378 g/mol. The molecule has 1 unspecified atom stereocenters. The fourth-order valence-electron chi connectivity index (χ4n) is 4.03. The summed E-state index contributed by atoms with van der Waals surface area (Å²) in [6.45, 7) is 2.89. The van der Waals surface area contributed by atoms with Crippen LogP contribution in [0.4, 0.5) is 14.5 Å². The predicted octanol–water partition coefficient (Wildman–Crippen LogP) is 2.42. The topological polar surface area (TPSA) is 83.4 Å². The van der Waals surface area contributed by atoms with Gasteiger partial charge in [0.15, 0.2) is 5.67 Å². The fourth-order valence-corrected chi connectivity index (χ4v) is 4.03. The molecule has 3 N–H and O–H groups in total. The number of alkyl halides is 1. The van der Waals surface area contributed by atoms with Crippen molar-refractivity contribution in [3.8, 4) is 11.1 Å². The summed E-state index contributed by atoms with van der Waals surface area (Å²) in [7, 11) is 0. The van der Waals surface area contributed by atoms with Crippen LogP contribution in [0.25, 0.3) is 16.9 Å². The number of carbonyl (C=O) groups excluding carboxylic acids is 1. The highest BCUT2D eigenvalue weighted by Crippen LogP contribution is 2.35. The first-order valence-corrected chi connectivity index (χ1v) is 9.55. The zero-order chi connectivity index (χ0) is 20.2. The Morgan fingerprint density at radius 1 is 1.17 bits per heavy atom. The number of aryl methyl sites for hydroxylation is 1. The largest absolute Gasteiger partial charge is 0.360 e. The third-order valence-electron chi connectivity index (χ3n) is 5.61. The van der Waals surface area contributed by atoms with E-state index in [1.165, 1.54) is 6.07 Å². The fraction of sp³-hybridized carbons (Fsp3) is 0.350. The number of rotatable bonds is 2. The maximum atomic E-state index is 15.3. The molecule has 150 valence electrons. The van der Waals surface area contributed by atoms with Crippen molar-refractivity contribution in [1.82, 2.24) is 25.0 Å². The van der Waals surface area contributed by atoms with Crippen molar-refractivity contribution in [3.05, 3.63) is 47.8 Å². The molecule has 0 saturated carbocycles. The van der Waals surface area contributed by atoms with Crippen LogP contribution in [0.1, 0.15) is 28.9 Å². The minimum absolute atomic E-state index is 0.0329. The maximum absolute atomic E-state index is 15.3. The van der Waals surface area contributed by atoms with Gasteiger partial charge in [-0.3, -0.25) is 9.20 Å². The Balaban J connectivity index is 1.52. The Labute approximate surface area is 165 Å². The number of nitrogens with one attached hydrogen (secondary N) is 3. The molecule has 2 aliphatic rings. The number of aromatic nitrogens is 3. The number of hydrogen-bond donors (Lipinski definition) is 3. The van der Waals surface area contributed by atoms with E-state index in [0.717, 1.165) is 5.69 Å². The van der Waals surface area contributed by atoms with Crippen LogP contribution in [-0.2, 0) is 0 Å². The summed E-state index contributed by atoms with van der Waals surface area (Å²) in [5, 5.41) is 8.64. The summed E-state index contributed by atoms with van der Waals surface area (Å²) < 4.78 is 32.0. The Hall–Kier alpha value is -3.07. The third kappa shape index (κ3) is 3.02. The van der Waals surface area contributed by atoms with Gasteiger partial charge in [-0.25, -0.2) is 18.7 Å². The van der Waals surface area contributed by atoms with Gasteiger partial charge in [0, 0.05) is 24.2 Å². The van der Waals surface area contributed by atoms with Crippen molar-refractivity contribution in [3.63, 3.8) is 0 Å². The number of piperidine rings is 1. The van der Waals surface area contributed by atoms with Crippen molar-refractivity contribution >= 4 is 17.4 Å². The SMILES string of the molecule is Cc1cn2cc(-c3cc(F)c4c(c3)C(=O)NC(C3(F)CCNCC3)N4)cnc2n1. The molecule has 1 amide bonds. The van der Waals surface area contributed by atoms with Crippen LogP contribution in [0.5, 0.6) is 0 Å². The summed E-state index contributed by atoms with van der Waals surface area (Å²) >= 11 is 0. The number of nitrogens with zero attached hydrogens (tertiary/aromatic N) is 3. The zero-order valence-electron chi connectivity index (χ0n) is 15.8. The summed E-state index contributed by atoms with van der Waals surface area (Å²) in [5.41, 5.74) is 0.527. The first kappa shape index (κ1) is 18.0.